The molecule has 0 aliphatic carbocycles. The third-order valence-electron chi connectivity index (χ3n) is 12.1. The smallest absolute Gasteiger partial charge is 0.306 e. The number of carbonyl (C=O) groups is 3. The molecular formula is C58H104O6. The highest BCUT2D eigenvalue weighted by atomic mass is 16.6. The molecule has 0 spiro atoms. The lowest BCUT2D eigenvalue weighted by Crippen LogP contribution is -2.30. The Kier molecular flexibility index (Phi) is 50.8. The first-order valence-corrected chi connectivity index (χ1v) is 27.6. The standard InChI is InChI=1S/C58H104O6/c1-4-7-10-13-16-19-22-25-27-29-31-33-36-39-42-45-48-51-57(60)63-54-55(53-62-56(59)50-47-44-41-38-35-32-24-21-18-15-12-9-6-3)64-58(61)52-49-46-43-40-37-34-30-28-26-23-20-17-14-11-8-5-2/h16,19,25,27,32,35,41,44,55H,4-15,17-18,20-24,26,28-31,33-34,36-40,42-43,45-54H2,1-3H3/b19-16-,27-25-,35-32-,44-41-. The first-order chi connectivity index (χ1) is 31.5. The number of carbonyl (C=O) groups excluding carboxylic acids is 3. The third kappa shape index (κ3) is 50.4. The molecule has 0 bridgehead atoms. The number of allylic oxidation sites excluding steroid dienone is 8. The molecule has 0 aromatic rings. The van der Waals surface area contributed by atoms with E-state index in [2.05, 4.69) is 63.3 Å². The average Bonchev–Trinajstić information content (AvgIpc) is 3.29. The van der Waals surface area contributed by atoms with E-state index < -0.39 is 6.10 Å². The van der Waals surface area contributed by atoms with Crippen molar-refractivity contribution >= 4 is 17.9 Å². The summed E-state index contributed by atoms with van der Waals surface area (Å²) in [4.78, 5) is 38.0. The van der Waals surface area contributed by atoms with Crippen molar-refractivity contribution in [2.24, 2.45) is 0 Å². The van der Waals surface area contributed by atoms with Crippen molar-refractivity contribution in [3.8, 4) is 0 Å². The van der Waals surface area contributed by atoms with Gasteiger partial charge in [0.05, 0.1) is 0 Å². The van der Waals surface area contributed by atoms with Crippen LogP contribution in [0.5, 0.6) is 0 Å². The third-order valence-corrected chi connectivity index (χ3v) is 12.1. The molecule has 0 aliphatic heterocycles. The number of ether oxygens (including phenoxy) is 3. The normalized spacial score (nSPS) is 12.4. The van der Waals surface area contributed by atoms with Gasteiger partial charge in [0.25, 0.3) is 0 Å². The topological polar surface area (TPSA) is 78.9 Å². The predicted molar refractivity (Wildman–Crippen MR) is 275 cm³/mol. The second-order valence-electron chi connectivity index (χ2n) is 18.5. The van der Waals surface area contributed by atoms with Crippen molar-refractivity contribution in [1.29, 1.82) is 0 Å². The SMILES string of the molecule is CCCCC/C=C\C/C=C\CCCCCCCCCC(=O)OCC(COC(=O)CC/C=C\C/C=C\CCCCCCCC)OC(=O)CCCCCCCCCCCCCCCCCC. The van der Waals surface area contributed by atoms with Gasteiger partial charge < -0.3 is 14.2 Å². The maximum atomic E-state index is 12.8. The van der Waals surface area contributed by atoms with Crippen LogP contribution in [0.1, 0.15) is 284 Å². The Morgan fingerprint density at radius 3 is 0.984 bits per heavy atom. The maximum Gasteiger partial charge on any atom is 0.306 e. The Morgan fingerprint density at radius 2 is 0.594 bits per heavy atom. The largest absolute Gasteiger partial charge is 0.462 e. The van der Waals surface area contributed by atoms with E-state index in [4.69, 9.17) is 14.2 Å². The van der Waals surface area contributed by atoms with Crippen LogP contribution in [0, 0.1) is 0 Å². The Bertz CT molecular complexity index is 1120. The second-order valence-corrected chi connectivity index (χ2v) is 18.5. The summed E-state index contributed by atoms with van der Waals surface area (Å²) in [7, 11) is 0. The van der Waals surface area contributed by atoms with Gasteiger partial charge in [0.15, 0.2) is 6.10 Å². The fourth-order valence-electron chi connectivity index (χ4n) is 7.88. The number of hydrogen-bond acceptors (Lipinski definition) is 6. The molecule has 6 heteroatoms. The van der Waals surface area contributed by atoms with Gasteiger partial charge in [-0.15, -0.1) is 0 Å². The van der Waals surface area contributed by atoms with Gasteiger partial charge in [-0.25, -0.2) is 0 Å². The molecule has 0 aromatic heterocycles. The van der Waals surface area contributed by atoms with E-state index in [9.17, 15) is 14.4 Å². The van der Waals surface area contributed by atoms with Crippen molar-refractivity contribution in [2.75, 3.05) is 13.2 Å². The van der Waals surface area contributed by atoms with Gasteiger partial charge in [0.2, 0.25) is 0 Å². The van der Waals surface area contributed by atoms with Gasteiger partial charge in [-0.2, -0.15) is 0 Å². The molecule has 0 saturated heterocycles. The summed E-state index contributed by atoms with van der Waals surface area (Å²) in [5.74, 6) is -0.957. The predicted octanol–water partition coefficient (Wildman–Crippen LogP) is 18.3. The Labute approximate surface area is 397 Å². The number of unbranched alkanes of at least 4 members (excludes halogenated alkanes) is 31. The molecule has 0 rings (SSSR count). The summed E-state index contributed by atoms with van der Waals surface area (Å²) >= 11 is 0. The molecule has 372 valence electrons. The molecule has 6 nitrogen and oxygen atoms in total. The summed E-state index contributed by atoms with van der Waals surface area (Å²) in [6.07, 6.45) is 63.9. The van der Waals surface area contributed by atoms with E-state index in [0.717, 1.165) is 64.2 Å². The summed E-state index contributed by atoms with van der Waals surface area (Å²) in [5, 5.41) is 0. The van der Waals surface area contributed by atoms with Crippen LogP contribution in [-0.4, -0.2) is 37.2 Å². The summed E-state index contributed by atoms with van der Waals surface area (Å²) in [5.41, 5.74) is 0. The Balaban J connectivity index is 4.41. The van der Waals surface area contributed by atoms with E-state index in [1.54, 1.807) is 0 Å². The highest BCUT2D eigenvalue weighted by molar-refractivity contribution is 5.71. The quantitative estimate of drug-likeness (QED) is 0.0262. The maximum absolute atomic E-state index is 12.8. The first kappa shape index (κ1) is 61.4. The minimum absolute atomic E-state index is 0.0918. The van der Waals surface area contributed by atoms with Crippen molar-refractivity contribution in [3.63, 3.8) is 0 Å². The minimum atomic E-state index is -0.796. The summed E-state index contributed by atoms with van der Waals surface area (Å²) in [6.45, 7) is 6.57. The zero-order valence-corrected chi connectivity index (χ0v) is 42.6. The van der Waals surface area contributed by atoms with Gasteiger partial charge in [0, 0.05) is 19.3 Å². The monoisotopic (exact) mass is 897 g/mol. The zero-order valence-electron chi connectivity index (χ0n) is 42.6. The van der Waals surface area contributed by atoms with Crippen molar-refractivity contribution < 1.29 is 28.6 Å². The second kappa shape index (κ2) is 53.0. The molecule has 0 amide bonds. The van der Waals surface area contributed by atoms with Gasteiger partial charge in [0.1, 0.15) is 13.2 Å². The molecular weight excluding hydrogens is 793 g/mol. The van der Waals surface area contributed by atoms with E-state index in [1.165, 1.54) is 173 Å². The van der Waals surface area contributed by atoms with Gasteiger partial charge >= 0.3 is 17.9 Å². The van der Waals surface area contributed by atoms with Crippen LogP contribution in [0.15, 0.2) is 48.6 Å². The highest BCUT2D eigenvalue weighted by Crippen LogP contribution is 2.16. The van der Waals surface area contributed by atoms with Crippen LogP contribution in [0.4, 0.5) is 0 Å². The molecule has 0 N–H and O–H groups in total. The van der Waals surface area contributed by atoms with Crippen LogP contribution >= 0.6 is 0 Å². The van der Waals surface area contributed by atoms with E-state index in [0.29, 0.717) is 19.3 Å². The molecule has 64 heavy (non-hydrogen) atoms. The Hall–Kier alpha value is -2.63. The fourth-order valence-corrected chi connectivity index (χ4v) is 7.88. The summed E-state index contributed by atoms with van der Waals surface area (Å²) < 4.78 is 16.8. The van der Waals surface area contributed by atoms with Gasteiger partial charge in [-0.1, -0.05) is 243 Å². The molecule has 0 radical (unpaired) electrons. The van der Waals surface area contributed by atoms with Crippen LogP contribution in [0.25, 0.3) is 0 Å². The van der Waals surface area contributed by atoms with E-state index in [-0.39, 0.29) is 37.5 Å². The number of rotatable bonds is 50. The van der Waals surface area contributed by atoms with Gasteiger partial charge in [-0.3, -0.25) is 14.4 Å². The lowest BCUT2D eigenvalue weighted by molar-refractivity contribution is -0.166. The van der Waals surface area contributed by atoms with Crippen molar-refractivity contribution in [1.82, 2.24) is 0 Å². The molecule has 0 aliphatic rings. The average molecular weight is 897 g/mol. The van der Waals surface area contributed by atoms with Crippen molar-refractivity contribution in [3.05, 3.63) is 48.6 Å². The first-order valence-electron chi connectivity index (χ1n) is 27.6. The minimum Gasteiger partial charge on any atom is -0.462 e. The van der Waals surface area contributed by atoms with E-state index in [1.807, 2.05) is 6.08 Å². The van der Waals surface area contributed by atoms with Crippen LogP contribution in [0.2, 0.25) is 0 Å². The molecule has 0 saturated carbocycles. The highest BCUT2D eigenvalue weighted by Gasteiger charge is 2.19. The number of esters is 3. The molecule has 0 heterocycles. The molecule has 1 atom stereocenters. The fraction of sp³-hybridized carbons (Fsp3) is 0.810. The van der Waals surface area contributed by atoms with Crippen molar-refractivity contribution in [2.45, 2.75) is 290 Å². The van der Waals surface area contributed by atoms with Crippen LogP contribution < -0.4 is 0 Å². The lowest BCUT2D eigenvalue weighted by Gasteiger charge is -2.18. The molecule has 0 fully saturated rings. The molecule has 1 unspecified atom stereocenters. The lowest BCUT2D eigenvalue weighted by atomic mass is 10.0. The van der Waals surface area contributed by atoms with Crippen LogP contribution in [-0.2, 0) is 28.6 Å². The zero-order chi connectivity index (χ0) is 46.5. The number of hydrogen-bond donors (Lipinski definition) is 0. The Morgan fingerprint density at radius 1 is 0.312 bits per heavy atom. The summed E-state index contributed by atoms with van der Waals surface area (Å²) in [6, 6.07) is 0. The molecule has 0 aromatic carbocycles. The van der Waals surface area contributed by atoms with E-state index >= 15 is 0 Å². The van der Waals surface area contributed by atoms with Gasteiger partial charge in [-0.05, 0) is 70.6 Å². The van der Waals surface area contributed by atoms with Crippen LogP contribution in [0.3, 0.4) is 0 Å².